The minimum atomic E-state index is -0.893. The van der Waals surface area contributed by atoms with Crippen LogP contribution in [-0.4, -0.2) is 28.9 Å². The molecular weight excluding hydrogens is 548 g/mol. The quantitative estimate of drug-likeness (QED) is 0.190. The van der Waals surface area contributed by atoms with Gasteiger partial charge in [0.05, 0.1) is 28.9 Å². The first kappa shape index (κ1) is 27.0. The fourth-order valence-electron chi connectivity index (χ4n) is 4.81. The van der Waals surface area contributed by atoms with Crippen molar-refractivity contribution in [3.8, 4) is 11.5 Å². The molecule has 5 aromatic rings. The van der Waals surface area contributed by atoms with Gasteiger partial charge in [-0.25, -0.2) is 4.98 Å². The van der Waals surface area contributed by atoms with Gasteiger partial charge in [-0.2, -0.15) is 0 Å². The van der Waals surface area contributed by atoms with Crippen molar-refractivity contribution in [1.82, 2.24) is 4.98 Å². The second kappa shape index (κ2) is 11.7. The lowest BCUT2D eigenvalue weighted by Crippen LogP contribution is -2.30. The summed E-state index contributed by atoms with van der Waals surface area (Å²) in [4.78, 5) is 33.2. The predicted molar refractivity (Wildman–Crippen MR) is 164 cm³/mol. The maximum absolute atomic E-state index is 13.6. The van der Waals surface area contributed by atoms with Gasteiger partial charge in [0, 0.05) is 0 Å². The Kier molecular flexibility index (Phi) is 7.53. The molecule has 1 unspecified atom stereocenters. The summed E-state index contributed by atoms with van der Waals surface area (Å²) in [5.74, 6) is -0.452. The van der Waals surface area contributed by atoms with Crippen molar-refractivity contribution in [1.29, 1.82) is 0 Å². The molecule has 2 heterocycles. The predicted octanol–water partition coefficient (Wildman–Crippen LogP) is 7.07. The van der Waals surface area contributed by atoms with Crippen molar-refractivity contribution < 1.29 is 24.2 Å². The third-order valence-corrected chi connectivity index (χ3v) is 7.95. The summed E-state index contributed by atoms with van der Waals surface area (Å²) in [7, 11) is 1.58. The summed E-state index contributed by atoms with van der Waals surface area (Å²) in [5.41, 5.74) is 3.15. The first-order chi connectivity index (χ1) is 20.5. The largest absolute Gasteiger partial charge is 0.503 e. The molecule has 0 fully saturated rings. The molecule has 42 heavy (non-hydrogen) atoms. The Morgan fingerprint density at radius 2 is 1.64 bits per heavy atom. The van der Waals surface area contributed by atoms with Crippen LogP contribution in [-0.2, 0) is 16.2 Å². The summed E-state index contributed by atoms with van der Waals surface area (Å²) < 4.78 is 12.1. The Bertz CT molecular complexity index is 1810. The number of methoxy groups -OCH3 is 1. The number of aliphatic hydroxyl groups is 1. The van der Waals surface area contributed by atoms with E-state index in [9.17, 15) is 14.7 Å². The molecule has 0 aliphatic carbocycles. The molecule has 6 rings (SSSR count). The number of nitrogens with zero attached hydrogens (tertiary/aromatic N) is 2. The van der Waals surface area contributed by atoms with E-state index in [-0.39, 0.29) is 5.57 Å². The minimum Gasteiger partial charge on any atom is -0.503 e. The maximum Gasteiger partial charge on any atom is 0.296 e. The molecule has 7 nitrogen and oxygen atoms in total. The van der Waals surface area contributed by atoms with Crippen LogP contribution >= 0.6 is 11.3 Å². The van der Waals surface area contributed by atoms with Gasteiger partial charge in [0.2, 0.25) is 0 Å². The average Bonchev–Trinajstić information content (AvgIpc) is 3.57. The molecule has 1 N–H and O–H groups in total. The van der Waals surface area contributed by atoms with Gasteiger partial charge in [0.25, 0.3) is 5.91 Å². The van der Waals surface area contributed by atoms with E-state index in [2.05, 4.69) is 4.98 Å². The van der Waals surface area contributed by atoms with E-state index in [1.807, 2.05) is 72.8 Å². The van der Waals surface area contributed by atoms with Gasteiger partial charge < -0.3 is 14.6 Å². The number of carbonyl (C=O) groups is 2. The molecule has 1 aromatic heterocycles. The van der Waals surface area contributed by atoms with Gasteiger partial charge >= 0.3 is 0 Å². The molecule has 1 amide bonds. The molecule has 208 valence electrons. The number of ketones is 1. The first-order valence-corrected chi connectivity index (χ1v) is 14.1. The Morgan fingerprint density at radius 3 is 2.36 bits per heavy atom. The number of thiazole rings is 1. The van der Waals surface area contributed by atoms with Crippen molar-refractivity contribution in [2.75, 3.05) is 12.0 Å². The highest BCUT2D eigenvalue weighted by molar-refractivity contribution is 7.22. The number of allylic oxidation sites excluding steroid dienone is 1. The number of rotatable bonds is 9. The Balaban J connectivity index is 1.36. The normalized spacial score (nSPS) is 15.1. The zero-order chi connectivity index (χ0) is 29.1. The van der Waals surface area contributed by atoms with Crippen molar-refractivity contribution in [2.24, 2.45) is 0 Å². The van der Waals surface area contributed by atoms with E-state index in [1.54, 1.807) is 43.5 Å². The van der Waals surface area contributed by atoms with Crippen LogP contribution in [0.3, 0.4) is 0 Å². The van der Waals surface area contributed by atoms with Gasteiger partial charge in [-0.1, -0.05) is 90.2 Å². The average molecular weight is 575 g/mol. The minimum absolute atomic E-state index is 0.0121. The zero-order valence-electron chi connectivity index (χ0n) is 22.6. The van der Waals surface area contributed by atoms with Crippen molar-refractivity contribution in [3.05, 3.63) is 137 Å². The standard InChI is InChI=1S/C34H26N2O5S/c1-40-26-17-18-27-29(20-26)42-34(35-27)36-31(24-13-15-25(16-14-24)41-21-23-10-6-3-7-11-23)30(32(38)33(36)39)28(37)19-12-22-8-4-2-5-9-22/h2-20,31,38H,21H2,1H3/b19-12+. The topological polar surface area (TPSA) is 89.0 Å². The van der Waals surface area contributed by atoms with E-state index in [4.69, 9.17) is 9.47 Å². The lowest BCUT2D eigenvalue weighted by molar-refractivity contribution is -0.117. The molecule has 0 saturated heterocycles. The molecule has 8 heteroatoms. The second-order valence-corrected chi connectivity index (χ2v) is 10.6. The van der Waals surface area contributed by atoms with Crippen LogP contribution in [0.25, 0.3) is 16.3 Å². The summed E-state index contributed by atoms with van der Waals surface area (Å²) in [6.07, 6.45) is 3.04. The number of hydrogen-bond acceptors (Lipinski definition) is 7. The van der Waals surface area contributed by atoms with E-state index in [1.165, 1.54) is 22.3 Å². The highest BCUT2D eigenvalue weighted by Crippen LogP contribution is 2.44. The van der Waals surface area contributed by atoms with Crippen molar-refractivity contribution in [2.45, 2.75) is 12.6 Å². The maximum atomic E-state index is 13.6. The van der Waals surface area contributed by atoms with Gasteiger partial charge in [-0.15, -0.1) is 0 Å². The third-order valence-electron chi connectivity index (χ3n) is 6.93. The molecule has 0 radical (unpaired) electrons. The number of amides is 1. The van der Waals surface area contributed by atoms with E-state index >= 15 is 0 Å². The van der Waals surface area contributed by atoms with Gasteiger partial charge in [0.1, 0.15) is 18.1 Å². The van der Waals surface area contributed by atoms with Crippen LogP contribution in [0.5, 0.6) is 11.5 Å². The number of benzene rings is 4. The van der Waals surface area contributed by atoms with Crippen molar-refractivity contribution in [3.63, 3.8) is 0 Å². The van der Waals surface area contributed by atoms with E-state index in [0.29, 0.717) is 34.3 Å². The Morgan fingerprint density at radius 1 is 0.952 bits per heavy atom. The lowest BCUT2D eigenvalue weighted by Gasteiger charge is -2.24. The van der Waals surface area contributed by atoms with Crippen LogP contribution < -0.4 is 14.4 Å². The van der Waals surface area contributed by atoms with Crippen LogP contribution in [0.4, 0.5) is 5.13 Å². The van der Waals surface area contributed by atoms with Gasteiger partial charge in [-0.3, -0.25) is 14.5 Å². The number of aliphatic hydroxyl groups excluding tert-OH is 1. The third kappa shape index (κ3) is 5.40. The summed E-state index contributed by atoms with van der Waals surface area (Å²) in [6.45, 7) is 0.401. The second-order valence-electron chi connectivity index (χ2n) is 9.62. The highest BCUT2D eigenvalue weighted by atomic mass is 32.1. The number of fused-ring (bicyclic) bond motifs is 1. The SMILES string of the molecule is COc1ccc2nc(N3C(=O)C(O)=C(C(=O)/C=C/c4ccccc4)C3c3ccc(OCc4ccccc4)cc3)sc2c1. The van der Waals surface area contributed by atoms with E-state index in [0.717, 1.165) is 15.8 Å². The van der Waals surface area contributed by atoms with Crippen LogP contribution in [0.1, 0.15) is 22.7 Å². The monoisotopic (exact) mass is 574 g/mol. The van der Waals surface area contributed by atoms with Gasteiger partial charge in [-0.05, 0) is 53.1 Å². The number of hydrogen-bond donors (Lipinski definition) is 1. The van der Waals surface area contributed by atoms with Crippen LogP contribution in [0, 0.1) is 0 Å². The summed E-state index contributed by atoms with van der Waals surface area (Å²) in [5, 5.41) is 11.4. The summed E-state index contributed by atoms with van der Waals surface area (Å²) >= 11 is 1.28. The molecule has 0 saturated carbocycles. The molecule has 0 spiro atoms. The first-order valence-electron chi connectivity index (χ1n) is 13.3. The number of anilines is 1. The van der Waals surface area contributed by atoms with E-state index < -0.39 is 23.5 Å². The highest BCUT2D eigenvalue weighted by Gasteiger charge is 2.45. The Hall–Kier alpha value is -5.21. The number of ether oxygens (including phenoxy) is 2. The van der Waals surface area contributed by atoms with Crippen LogP contribution in [0.15, 0.2) is 121 Å². The Labute approximate surface area is 246 Å². The molecule has 1 atom stereocenters. The zero-order valence-corrected chi connectivity index (χ0v) is 23.5. The van der Waals surface area contributed by atoms with Crippen LogP contribution in [0.2, 0.25) is 0 Å². The van der Waals surface area contributed by atoms with Crippen molar-refractivity contribution >= 4 is 44.5 Å². The molecule has 4 aromatic carbocycles. The molecular formula is C34H26N2O5S. The smallest absolute Gasteiger partial charge is 0.296 e. The fraction of sp³-hybridized carbons (Fsp3) is 0.0882. The molecule has 1 aliphatic rings. The lowest BCUT2D eigenvalue weighted by atomic mass is 9.95. The number of carbonyl (C=O) groups excluding carboxylic acids is 2. The number of aromatic nitrogens is 1. The fourth-order valence-corrected chi connectivity index (χ4v) is 5.83. The van der Waals surface area contributed by atoms with Gasteiger partial charge in [0.15, 0.2) is 16.7 Å². The molecule has 0 bridgehead atoms. The molecule has 1 aliphatic heterocycles. The summed E-state index contributed by atoms with van der Waals surface area (Å²) in [6, 6.07) is 30.9.